The predicted octanol–water partition coefficient (Wildman–Crippen LogP) is 11.9. The Bertz CT molecular complexity index is 3780. The first kappa shape index (κ1) is 81.7. The summed E-state index contributed by atoms with van der Waals surface area (Å²) < 4.78 is 25.4. The molecular formula is C75H96ClN7O16. The van der Waals surface area contributed by atoms with Gasteiger partial charge >= 0.3 is 11.6 Å². The molecule has 2 aliphatic heterocycles. The fraction of sp³-hybridized carbons (Fsp3) is 0.427. The number of pyridine rings is 1. The molecule has 7 N–H and O–H groups in total. The van der Waals surface area contributed by atoms with E-state index in [0.717, 1.165) is 44.3 Å². The lowest BCUT2D eigenvalue weighted by molar-refractivity contribution is -0.133. The highest BCUT2D eigenvalue weighted by atomic mass is 35.5. The molecule has 5 heterocycles. The number of aromatic amines is 2. The van der Waals surface area contributed by atoms with Crippen molar-refractivity contribution in [1.29, 1.82) is 0 Å². The van der Waals surface area contributed by atoms with Crippen molar-refractivity contribution in [3.63, 3.8) is 0 Å². The molecule has 0 radical (unpaired) electrons. The summed E-state index contributed by atoms with van der Waals surface area (Å²) in [7, 11) is 3.11. The number of methoxy groups -OCH3 is 2. The van der Waals surface area contributed by atoms with Crippen LogP contribution in [0.4, 0.5) is 9.59 Å². The van der Waals surface area contributed by atoms with Crippen LogP contribution in [0.15, 0.2) is 127 Å². The number of Topliss-reactive ketones (excluding diaryl/α,β-unsaturated/α-hetero) is 4. The highest BCUT2D eigenvalue weighted by Crippen LogP contribution is 2.30. The van der Waals surface area contributed by atoms with Crippen molar-refractivity contribution in [2.24, 2.45) is 35.5 Å². The summed E-state index contributed by atoms with van der Waals surface area (Å²) in [5.74, 6) is -3.67. The van der Waals surface area contributed by atoms with Crippen LogP contribution in [-0.4, -0.2) is 131 Å². The summed E-state index contributed by atoms with van der Waals surface area (Å²) in [6.45, 7) is 11.6. The maximum Gasteiger partial charge on any atom is 0.509 e. The average Bonchev–Trinajstić information content (AvgIpc) is 1.70. The number of benzene rings is 4. The van der Waals surface area contributed by atoms with Gasteiger partial charge < -0.3 is 60.0 Å². The van der Waals surface area contributed by atoms with Gasteiger partial charge in [-0.2, -0.15) is 0 Å². The predicted molar refractivity (Wildman–Crippen MR) is 378 cm³/mol. The molecule has 4 aromatic carbocycles. The topological polar surface area (TPSA) is 330 Å². The Labute approximate surface area is 583 Å². The maximum absolute atomic E-state index is 13.6. The summed E-state index contributed by atoms with van der Waals surface area (Å²) in [5, 5.41) is 21.8. The number of rotatable bonds is 29. The second kappa shape index (κ2) is 41.5. The number of H-pyrrole nitrogens is 2. The quantitative estimate of drug-likeness (QED) is 0.0130. The number of amides is 4. The number of hydrogen-bond donors (Lipinski definition) is 7. The molecule has 7 aromatic rings. The number of aryl methyl sites for hydroxylation is 2. The monoisotopic (exact) mass is 1390 g/mol. The molecule has 534 valence electrons. The third-order valence-electron chi connectivity index (χ3n) is 16.1. The molecule has 3 aromatic heterocycles. The summed E-state index contributed by atoms with van der Waals surface area (Å²) in [5.41, 5.74) is 5.32. The second-order valence-electron chi connectivity index (χ2n) is 24.6. The van der Waals surface area contributed by atoms with E-state index in [4.69, 9.17) is 30.5 Å². The van der Waals surface area contributed by atoms with Gasteiger partial charge in [0, 0.05) is 94.4 Å². The van der Waals surface area contributed by atoms with Crippen LogP contribution >= 0.6 is 11.6 Å². The number of aliphatic hydroxyl groups is 1. The van der Waals surface area contributed by atoms with E-state index in [1.54, 1.807) is 56.7 Å². The Morgan fingerprint density at radius 1 is 0.566 bits per heavy atom. The SMILES string of the molecule is C.C.COc1cccc2[nH]c(C(=O)C[C@@H](CC(C)C)C(=O)N[C@@H](C[C@@H]3CCNC3=O)C(=O)CO)cc12.COc1cccc2[nH]c(C(=O)C[C@@H](CC(C)C)C(=O)N[C@@H](C[C@@H]3CCNC3=O)C(=O)COC(=O)OCc3ccccc3)cc12.Cc1cccc(C)n1.O=C(Cl)OCc1ccccc1. The second-order valence-corrected chi connectivity index (χ2v) is 24.9. The zero-order valence-electron chi connectivity index (χ0n) is 56.0. The molecule has 4 amide bonds. The molecule has 2 aliphatic rings. The number of fused-ring (bicyclic) bond motifs is 2. The first-order valence-corrected chi connectivity index (χ1v) is 32.6. The molecule has 0 spiro atoms. The van der Waals surface area contributed by atoms with Crippen molar-refractivity contribution in [3.05, 3.63) is 161 Å². The molecule has 2 fully saturated rings. The number of nitrogens with one attached hydrogen (secondary N) is 6. The van der Waals surface area contributed by atoms with Gasteiger partial charge in [-0.15, -0.1) is 0 Å². The number of carbonyl (C=O) groups excluding carboxylic acids is 10. The van der Waals surface area contributed by atoms with Crippen LogP contribution in [-0.2, 0) is 56.2 Å². The molecule has 0 bridgehead atoms. The van der Waals surface area contributed by atoms with E-state index in [2.05, 4.69) is 41.0 Å². The molecule has 99 heavy (non-hydrogen) atoms. The van der Waals surface area contributed by atoms with Crippen LogP contribution in [0.25, 0.3) is 21.8 Å². The van der Waals surface area contributed by atoms with E-state index < -0.39 is 83.9 Å². The number of halogens is 1. The first-order valence-electron chi connectivity index (χ1n) is 32.3. The van der Waals surface area contributed by atoms with Crippen LogP contribution < -0.4 is 30.7 Å². The van der Waals surface area contributed by atoms with Crippen LogP contribution in [0.1, 0.15) is 137 Å². The molecule has 9 rings (SSSR count). The van der Waals surface area contributed by atoms with Crippen molar-refractivity contribution in [2.45, 2.75) is 133 Å². The Morgan fingerprint density at radius 2 is 0.980 bits per heavy atom. The van der Waals surface area contributed by atoms with Crippen molar-refractivity contribution >= 4 is 91.8 Å². The van der Waals surface area contributed by atoms with Gasteiger partial charge in [-0.1, -0.05) is 121 Å². The fourth-order valence-corrected chi connectivity index (χ4v) is 11.3. The molecule has 23 nitrogen and oxygen atoms in total. The van der Waals surface area contributed by atoms with E-state index in [9.17, 15) is 53.1 Å². The van der Waals surface area contributed by atoms with Crippen molar-refractivity contribution in [3.8, 4) is 11.5 Å². The van der Waals surface area contributed by atoms with Crippen LogP contribution in [0.5, 0.6) is 11.5 Å². The third kappa shape index (κ3) is 26.6. The van der Waals surface area contributed by atoms with Gasteiger partial charge in [-0.3, -0.25) is 43.3 Å². The van der Waals surface area contributed by atoms with Gasteiger partial charge in [0.2, 0.25) is 23.6 Å². The normalized spacial score (nSPS) is 14.8. The molecule has 24 heteroatoms. The van der Waals surface area contributed by atoms with Crippen LogP contribution in [0.3, 0.4) is 0 Å². The van der Waals surface area contributed by atoms with Gasteiger partial charge in [-0.05, 0) is 124 Å². The molecule has 0 unspecified atom stereocenters. The van der Waals surface area contributed by atoms with E-state index in [0.29, 0.717) is 61.7 Å². The smallest absolute Gasteiger partial charge is 0.496 e. The number of aromatic nitrogens is 3. The van der Waals surface area contributed by atoms with Gasteiger partial charge in [0.25, 0.3) is 0 Å². The zero-order valence-corrected chi connectivity index (χ0v) is 56.8. The number of nitrogens with zero attached hydrogens (tertiary/aromatic N) is 1. The highest BCUT2D eigenvalue weighted by Gasteiger charge is 2.36. The minimum atomic E-state index is -1.10. The number of hydrogen-bond acceptors (Lipinski definition) is 17. The molecule has 2 saturated heterocycles. The first-order chi connectivity index (χ1) is 46.4. The van der Waals surface area contributed by atoms with E-state index in [1.807, 2.05) is 126 Å². The number of carbonyl (C=O) groups is 10. The number of ether oxygens (including phenoxy) is 5. The van der Waals surface area contributed by atoms with Crippen LogP contribution in [0.2, 0.25) is 0 Å². The fourth-order valence-electron chi connectivity index (χ4n) is 11.2. The summed E-state index contributed by atoms with van der Waals surface area (Å²) in [4.78, 5) is 136. The minimum absolute atomic E-state index is 0. The van der Waals surface area contributed by atoms with E-state index in [-0.39, 0.29) is 89.0 Å². The largest absolute Gasteiger partial charge is 0.509 e. The Balaban J connectivity index is 0.000000331. The molecular weight excluding hydrogens is 1290 g/mol. The highest BCUT2D eigenvalue weighted by molar-refractivity contribution is 6.61. The Hall–Kier alpha value is -9.74. The van der Waals surface area contributed by atoms with Gasteiger partial charge in [0.05, 0.1) is 37.7 Å². The van der Waals surface area contributed by atoms with Crippen molar-refractivity contribution in [2.75, 3.05) is 40.5 Å². The Morgan fingerprint density at radius 3 is 1.34 bits per heavy atom. The van der Waals surface area contributed by atoms with Gasteiger partial charge in [-0.25, -0.2) is 9.59 Å². The standard InChI is InChI=1S/C33H39N3O8.C25H33N3O6.C8H7ClO2.C7H9N.2CH4/c1-20(2)14-23(16-28(37)27-17-24-25(35-27)10-7-11-30(24)42-3)32(40)36-26(15-22-12-13-34-31(22)39)29(38)19-44-33(41)43-18-21-8-5-4-6-9-21;1-14(2)9-16(11-21(30)20-12-17-18(27-20)5-4-6-23(17)34-3)25(33)28-19(22(31)13-29)10-15-7-8-26-24(15)32;9-8(10)11-6-7-4-2-1-3-5-7;1-6-4-3-5-7(2)8-6;;/h4-11,17,20,22-23,26,35H,12-16,18-19H2,1-3H3,(H,34,39)(H,36,40);4-6,12,14-16,19,27,29H,7-11,13H2,1-3H3,(H,26,32)(H,28,33);1-5H,6H2;3-5H,1-2H3;2*1H4/t22-,23+,26-;15-,16+,19-;;;;/m00..../s1. The van der Waals surface area contributed by atoms with Crippen LogP contribution in [0, 0.1) is 49.4 Å². The maximum atomic E-state index is 13.6. The minimum Gasteiger partial charge on any atom is -0.496 e. The molecule has 0 saturated carbocycles. The lowest BCUT2D eigenvalue weighted by Gasteiger charge is -2.24. The summed E-state index contributed by atoms with van der Waals surface area (Å²) >= 11 is 4.97. The lowest BCUT2D eigenvalue weighted by atomic mass is 9.89. The number of ketones is 4. The summed E-state index contributed by atoms with van der Waals surface area (Å²) in [6, 6.07) is 36.6. The molecule has 6 atom stereocenters. The van der Waals surface area contributed by atoms with E-state index >= 15 is 0 Å². The van der Waals surface area contributed by atoms with Gasteiger partial charge in [0.1, 0.15) is 31.3 Å². The molecule has 0 aliphatic carbocycles. The Kier molecular flexibility index (Phi) is 34.2. The van der Waals surface area contributed by atoms with Crippen molar-refractivity contribution in [1.82, 2.24) is 36.2 Å². The third-order valence-corrected chi connectivity index (χ3v) is 16.2. The lowest BCUT2D eigenvalue weighted by Crippen LogP contribution is -2.47. The average molecular weight is 1390 g/mol. The summed E-state index contributed by atoms with van der Waals surface area (Å²) in [6.07, 6.45) is 0.945. The zero-order chi connectivity index (χ0) is 70.6. The number of aliphatic hydroxyl groups excluding tert-OH is 1. The van der Waals surface area contributed by atoms with E-state index in [1.165, 1.54) is 0 Å². The van der Waals surface area contributed by atoms with Gasteiger partial charge in [0.15, 0.2) is 29.7 Å². The van der Waals surface area contributed by atoms with Crippen molar-refractivity contribution < 1.29 is 76.7 Å².